The second-order valence-electron chi connectivity index (χ2n) is 15.3. The fourth-order valence-corrected chi connectivity index (χ4v) is 6.19. The standard InChI is InChI=1S/C43H82O6/c1-6-8-9-21-28-33-41(44)47-36-40(49-43(46)35-30-25-20-19-23-27-32-39(5)7-2)37-48-42(45)34-29-24-18-16-14-12-10-11-13-15-17-22-26-31-38(3)4/h38-40H,6-37H2,1-5H3/t39?,40-/m1/s1. The van der Waals surface area contributed by atoms with E-state index in [0.29, 0.717) is 19.3 Å². The third kappa shape index (κ3) is 36.0. The number of esters is 3. The Labute approximate surface area is 304 Å². The van der Waals surface area contributed by atoms with Gasteiger partial charge in [-0.1, -0.05) is 189 Å². The van der Waals surface area contributed by atoms with Gasteiger partial charge in [0.25, 0.3) is 0 Å². The van der Waals surface area contributed by atoms with Crippen LogP contribution in [0.25, 0.3) is 0 Å². The number of hydrogen-bond donors (Lipinski definition) is 0. The van der Waals surface area contributed by atoms with Crippen molar-refractivity contribution in [3.63, 3.8) is 0 Å². The van der Waals surface area contributed by atoms with E-state index in [2.05, 4.69) is 34.6 Å². The average molecular weight is 695 g/mol. The maximum absolute atomic E-state index is 12.6. The first-order valence-electron chi connectivity index (χ1n) is 21.3. The summed E-state index contributed by atoms with van der Waals surface area (Å²) in [7, 11) is 0. The Morgan fingerprint density at radius 3 is 1.16 bits per heavy atom. The Morgan fingerprint density at radius 2 is 0.776 bits per heavy atom. The Bertz CT molecular complexity index is 751. The number of hydrogen-bond acceptors (Lipinski definition) is 6. The normalized spacial score (nSPS) is 12.6. The quantitative estimate of drug-likeness (QED) is 0.0366. The molecule has 0 radical (unpaired) electrons. The summed E-state index contributed by atoms with van der Waals surface area (Å²) < 4.78 is 16.6. The van der Waals surface area contributed by atoms with Crippen LogP contribution >= 0.6 is 0 Å². The van der Waals surface area contributed by atoms with Gasteiger partial charge in [0, 0.05) is 19.3 Å². The van der Waals surface area contributed by atoms with Crippen molar-refractivity contribution in [1.82, 2.24) is 0 Å². The van der Waals surface area contributed by atoms with Gasteiger partial charge in [0.05, 0.1) is 0 Å². The molecule has 0 aliphatic carbocycles. The highest BCUT2D eigenvalue weighted by atomic mass is 16.6. The summed E-state index contributed by atoms with van der Waals surface area (Å²) in [5.74, 6) is 0.772. The van der Waals surface area contributed by atoms with Crippen molar-refractivity contribution in [2.24, 2.45) is 11.8 Å². The first kappa shape index (κ1) is 47.4. The van der Waals surface area contributed by atoms with Gasteiger partial charge in [0.2, 0.25) is 0 Å². The summed E-state index contributed by atoms with van der Waals surface area (Å²) in [5.41, 5.74) is 0. The van der Waals surface area contributed by atoms with Crippen molar-refractivity contribution < 1.29 is 28.6 Å². The number of carbonyl (C=O) groups excluding carboxylic acids is 3. The van der Waals surface area contributed by atoms with Gasteiger partial charge in [-0.3, -0.25) is 14.4 Å². The van der Waals surface area contributed by atoms with E-state index in [0.717, 1.165) is 76.0 Å². The van der Waals surface area contributed by atoms with Gasteiger partial charge in [-0.25, -0.2) is 0 Å². The molecule has 0 aromatic carbocycles. The molecule has 0 rings (SSSR count). The fourth-order valence-electron chi connectivity index (χ4n) is 6.19. The molecule has 0 aliphatic rings. The molecule has 0 aromatic rings. The lowest BCUT2D eigenvalue weighted by Gasteiger charge is -2.18. The van der Waals surface area contributed by atoms with E-state index in [-0.39, 0.29) is 31.1 Å². The summed E-state index contributed by atoms with van der Waals surface area (Å²) in [6.07, 6.45) is 32.6. The molecule has 0 fully saturated rings. The smallest absolute Gasteiger partial charge is 0.306 e. The van der Waals surface area contributed by atoms with Gasteiger partial charge in [-0.05, 0) is 31.1 Å². The van der Waals surface area contributed by atoms with Crippen LogP contribution in [0.3, 0.4) is 0 Å². The summed E-state index contributed by atoms with van der Waals surface area (Å²) in [6, 6.07) is 0. The minimum Gasteiger partial charge on any atom is -0.462 e. The van der Waals surface area contributed by atoms with E-state index in [9.17, 15) is 14.4 Å². The van der Waals surface area contributed by atoms with E-state index in [1.54, 1.807) is 0 Å². The maximum Gasteiger partial charge on any atom is 0.306 e. The molecule has 0 spiro atoms. The molecular weight excluding hydrogens is 612 g/mol. The first-order valence-corrected chi connectivity index (χ1v) is 21.3. The number of ether oxygens (including phenoxy) is 3. The van der Waals surface area contributed by atoms with Crippen LogP contribution in [0.15, 0.2) is 0 Å². The van der Waals surface area contributed by atoms with Crippen LogP contribution in [0.5, 0.6) is 0 Å². The van der Waals surface area contributed by atoms with Crippen LogP contribution in [0.4, 0.5) is 0 Å². The molecule has 1 unspecified atom stereocenters. The lowest BCUT2D eigenvalue weighted by atomic mass is 10.00. The molecule has 6 heteroatoms. The summed E-state index contributed by atoms with van der Waals surface area (Å²) >= 11 is 0. The number of carbonyl (C=O) groups is 3. The number of unbranched alkanes of at least 4 members (excludes halogenated alkanes) is 21. The van der Waals surface area contributed by atoms with Crippen molar-refractivity contribution in [2.45, 2.75) is 233 Å². The molecule has 0 saturated heterocycles. The highest BCUT2D eigenvalue weighted by Crippen LogP contribution is 2.17. The highest BCUT2D eigenvalue weighted by Gasteiger charge is 2.19. The van der Waals surface area contributed by atoms with E-state index in [1.807, 2.05) is 0 Å². The van der Waals surface area contributed by atoms with Crippen LogP contribution in [-0.2, 0) is 28.6 Å². The monoisotopic (exact) mass is 695 g/mol. The van der Waals surface area contributed by atoms with E-state index >= 15 is 0 Å². The van der Waals surface area contributed by atoms with Crippen molar-refractivity contribution >= 4 is 17.9 Å². The van der Waals surface area contributed by atoms with Crippen molar-refractivity contribution in [1.29, 1.82) is 0 Å². The fraction of sp³-hybridized carbons (Fsp3) is 0.930. The molecule has 0 heterocycles. The SMILES string of the molecule is CCCCCCCC(=O)OC[C@H](COC(=O)CCCCCCCCCCCCCCCC(C)C)OC(=O)CCCCCCCCC(C)CC. The molecule has 0 aliphatic heterocycles. The Kier molecular flexibility index (Phi) is 35.0. The molecule has 290 valence electrons. The molecule has 0 bridgehead atoms. The van der Waals surface area contributed by atoms with E-state index < -0.39 is 6.10 Å². The molecule has 2 atom stereocenters. The van der Waals surface area contributed by atoms with Gasteiger partial charge < -0.3 is 14.2 Å². The van der Waals surface area contributed by atoms with Crippen LogP contribution in [0.1, 0.15) is 227 Å². The van der Waals surface area contributed by atoms with Crippen LogP contribution in [0, 0.1) is 11.8 Å². The highest BCUT2D eigenvalue weighted by molar-refractivity contribution is 5.71. The maximum atomic E-state index is 12.6. The van der Waals surface area contributed by atoms with Crippen molar-refractivity contribution in [3.05, 3.63) is 0 Å². The third-order valence-corrected chi connectivity index (χ3v) is 9.83. The second kappa shape index (κ2) is 36.2. The van der Waals surface area contributed by atoms with Gasteiger partial charge in [-0.2, -0.15) is 0 Å². The lowest BCUT2D eigenvalue weighted by molar-refractivity contribution is -0.167. The van der Waals surface area contributed by atoms with Crippen LogP contribution in [-0.4, -0.2) is 37.2 Å². The molecular formula is C43H82O6. The largest absolute Gasteiger partial charge is 0.462 e. The summed E-state index contributed by atoms with van der Waals surface area (Å²) in [4.78, 5) is 37.3. The van der Waals surface area contributed by atoms with E-state index in [4.69, 9.17) is 14.2 Å². The van der Waals surface area contributed by atoms with E-state index in [1.165, 1.54) is 109 Å². The van der Waals surface area contributed by atoms with Gasteiger partial charge >= 0.3 is 17.9 Å². The average Bonchev–Trinajstić information content (AvgIpc) is 3.08. The molecule has 49 heavy (non-hydrogen) atoms. The predicted molar refractivity (Wildman–Crippen MR) is 206 cm³/mol. The zero-order chi connectivity index (χ0) is 36.2. The minimum atomic E-state index is -0.758. The third-order valence-electron chi connectivity index (χ3n) is 9.83. The summed E-state index contributed by atoms with van der Waals surface area (Å²) in [6.45, 7) is 11.2. The van der Waals surface area contributed by atoms with Crippen LogP contribution in [0.2, 0.25) is 0 Å². The molecule has 0 aromatic heterocycles. The molecule has 0 N–H and O–H groups in total. The Hall–Kier alpha value is -1.59. The molecule has 6 nitrogen and oxygen atoms in total. The van der Waals surface area contributed by atoms with Gasteiger partial charge in [-0.15, -0.1) is 0 Å². The number of rotatable bonds is 37. The minimum absolute atomic E-state index is 0.0670. The van der Waals surface area contributed by atoms with Gasteiger partial charge in [0.15, 0.2) is 6.10 Å². The molecule has 0 amide bonds. The van der Waals surface area contributed by atoms with Gasteiger partial charge in [0.1, 0.15) is 13.2 Å². The summed E-state index contributed by atoms with van der Waals surface area (Å²) in [5, 5.41) is 0. The lowest BCUT2D eigenvalue weighted by Crippen LogP contribution is -2.30. The second-order valence-corrected chi connectivity index (χ2v) is 15.3. The topological polar surface area (TPSA) is 78.9 Å². The Morgan fingerprint density at radius 1 is 0.429 bits per heavy atom. The predicted octanol–water partition coefficient (Wildman–Crippen LogP) is 13.0. The molecule has 0 saturated carbocycles. The van der Waals surface area contributed by atoms with Crippen molar-refractivity contribution in [3.8, 4) is 0 Å². The first-order chi connectivity index (χ1) is 23.8. The zero-order valence-electron chi connectivity index (χ0n) is 33.3. The van der Waals surface area contributed by atoms with Crippen molar-refractivity contribution in [2.75, 3.05) is 13.2 Å². The Balaban J connectivity index is 4.19. The van der Waals surface area contributed by atoms with Crippen LogP contribution < -0.4 is 0 Å². The zero-order valence-corrected chi connectivity index (χ0v) is 33.3.